The number of aliphatic hydroxyl groups is 2. The van der Waals surface area contributed by atoms with Crippen LogP contribution in [0.15, 0.2) is 6.20 Å². The van der Waals surface area contributed by atoms with E-state index in [1.807, 2.05) is 0 Å². The lowest BCUT2D eigenvalue weighted by molar-refractivity contribution is -0.143. The maximum absolute atomic E-state index is 12.3. The summed E-state index contributed by atoms with van der Waals surface area (Å²) >= 11 is 6.15. The summed E-state index contributed by atoms with van der Waals surface area (Å²) in [5.74, 6) is -0.669. The van der Waals surface area contributed by atoms with Crippen LogP contribution in [0.25, 0.3) is 11.0 Å². The van der Waals surface area contributed by atoms with Crippen LogP contribution in [-0.2, 0) is 23.6 Å². The van der Waals surface area contributed by atoms with Gasteiger partial charge in [-0.15, -0.1) is 0 Å². The van der Waals surface area contributed by atoms with Crippen molar-refractivity contribution in [2.45, 2.75) is 68.0 Å². The first-order chi connectivity index (χ1) is 18.0. The fourth-order valence-corrected chi connectivity index (χ4v) is 5.75. The second-order valence-electron chi connectivity index (χ2n) is 9.29. The Bertz CT molecular complexity index is 1190. The minimum Gasteiger partial charge on any atom is -0.387 e. The van der Waals surface area contributed by atoms with E-state index < -0.39 is 63.0 Å². The Hall–Kier alpha value is -1.98. The lowest BCUT2D eigenvalue weighted by Crippen LogP contribution is -2.45. The molecule has 212 valence electrons. The molecule has 0 aromatic carbocycles. The number of anilines is 1. The Morgan fingerprint density at radius 1 is 1.29 bits per heavy atom. The fraction of sp³-hybridized carbons (Fsp3) is 0.700. The van der Waals surface area contributed by atoms with Crippen molar-refractivity contribution in [1.29, 1.82) is 0 Å². The second-order valence-corrected chi connectivity index (χ2v) is 11.5. The SMILES string of the molecule is COC[C@@](CC(=O)NO)(OC[C@H]1O[C@@H](n2ncc3c(NC4CCCC4)nc(Cl)nc32)[C@H](O)[C@@H]1O)P(=O)(O)O. The highest BCUT2D eigenvalue weighted by Crippen LogP contribution is 2.54. The maximum Gasteiger partial charge on any atom is 0.360 e. The van der Waals surface area contributed by atoms with E-state index in [4.69, 9.17) is 31.0 Å². The number of hydrogen-bond acceptors (Lipinski definition) is 12. The minimum atomic E-state index is -5.18. The highest BCUT2D eigenvalue weighted by molar-refractivity contribution is 7.53. The summed E-state index contributed by atoms with van der Waals surface area (Å²) < 4.78 is 29.6. The summed E-state index contributed by atoms with van der Waals surface area (Å²) in [5, 5.41) is 35.8. The smallest absolute Gasteiger partial charge is 0.360 e. The number of halogens is 1. The largest absolute Gasteiger partial charge is 0.387 e. The number of methoxy groups -OCH3 is 1. The highest BCUT2D eigenvalue weighted by atomic mass is 35.5. The predicted molar refractivity (Wildman–Crippen MR) is 129 cm³/mol. The fourth-order valence-electron chi connectivity index (χ4n) is 4.70. The van der Waals surface area contributed by atoms with E-state index in [2.05, 4.69) is 20.4 Å². The first kappa shape index (κ1) is 29.0. The van der Waals surface area contributed by atoms with Crippen molar-refractivity contribution in [2.75, 3.05) is 25.6 Å². The molecule has 1 amide bonds. The molecule has 18 heteroatoms. The van der Waals surface area contributed by atoms with Gasteiger partial charge in [-0.2, -0.15) is 15.1 Å². The van der Waals surface area contributed by atoms with Crippen LogP contribution in [0, 0.1) is 0 Å². The molecule has 5 atom stereocenters. The first-order valence-corrected chi connectivity index (χ1v) is 13.8. The molecule has 16 nitrogen and oxygen atoms in total. The van der Waals surface area contributed by atoms with E-state index in [9.17, 15) is 29.4 Å². The molecule has 1 aliphatic heterocycles. The molecule has 0 bridgehead atoms. The number of hydrogen-bond donors (Lipinski definition) is 7. The van der Waals surface area contributed by atoms with Gasteiger partial charge in [-0.1, -0.05) is 12.8 Å². The van der Waals surface area contributed by atoms with E-state index in [0.717, 1.165) is 32.8 Å². The van der Waals surface area contributed by atoms with Gasteiger partial charge in [0.1, 0.15) is 24.1 Å². The van der Waals surface area contributed by atoms with E-state index >= 15 is 0 Å². The molecule has 4 rings (SSSR count). The lowest BCUT2D eigenvalue weighted by atomic mass is 10.1. The molecule has 1 saturated carbocycles. The van der Waals surface area contributed by atoms with Crippen LogP contribution < -0.4 is 10.8 Å². The number of amides is 1. The zero-order valence-corrected chi connectivity index (χ0v) is 22.0. The first-order valence-electron chi connectivity index (χ1n) is 11.8. The number of nitrogens with zero attached hydrogens (tertiary/aromatic N) is 4. The maximum atomic E-state index is 12.3. The Morgan fingerprint density at radius 2 is 2.00 bits per heavy atom. The number of rotatable bonds is 11. The summed E-state index contributed by atoms with van der Waals surface area (Å²) in [7, 11) is -4.04. The van der Waals surface area contributed by atoms with Crippen molar-refractivity contribution in [3.8, 4) is 0 Å². The van der Waals surface area contributed by atoms with Gasteiger partial charge in [0.15, 0.2) is 11.9 Å². The summed E-state index contributed by atoms with van der Waals surface area (Å²) in [6.07, 6.45) is -1.02. The third kappa shape index (κ3) is 5.79. The zero-order valence-electron chi connectivity index (χ0n) is 20.3. The van der Waals surface area contributed by atoms with Gasteiger partial charge in [0.2, 0.25) is 16.5 Å². The summed E-state index contributed by atoms with van der Waals surface area (Å²) in [4.78, 5) is 40.1. The van der Waals surface area contributed by atoms with Crippen molar-refractivity contribution in [2.24, 2.45) is 0 Å². The molecule has 2 fully saturated rings. The van der Waals surface area contributed by atoms with E-state index in [0.29, 0.717) is 11.2 Å². The number of ether oxygens (including phenoxy) is 3. The molecular weight excluding hydrogens is 551 g/mol. The average Bonchev–Trinajstić information content (AvgIpc) is 3.58. The monoisotopic (exact) mass is 580 g/mol. The topological polar surface area (TPSA) is 231 Å². The number of aliphatic hydroxyl groups excluding tert-OH is 2. The van der Waals surface area contributed by atoms with Crippen LogP contribution in [0.2, 0.25) is 5.28 Å². The molecule has 2 aromatic rings. The molecule has 38 heavy (non-hydrogen) atoms. The van der Waals surface area contributed by atoms with Crippen molar-refractivity contribution in [3.63, 3.8) is 0 Å². The van der Waals surface area contributed by atoms with Gasteiger partial charge in [0.05, 0.1) is 31.2 Å². The molecule has 3 heterocycles. The third-order valence-corrected chi connectivity index (χ3v) is 8.33. The van der Waals surface area contributed by atoms with Gasteiger partial charge in [-0.05, 0) is 24.4 Å². The molecular formula is C20H30ClN6O10P. The second kappa shape index (κ2) is 11.6. The highest BCUT2D eigenvalue weighted by Gasteiger charge is 2.52. The summed E-state index contributed by atoms with van der Waals surface area (Å²) in [6, 6.07) is 0.221. The molecule has 0 unspecified atom stereocenters. The van der Waals surface area contributed by atoms with Crippen LogP contribution in [-0.4, -0.2) is 101 Å². The third-order valence-electron chi connectivity index (χ3n) is 6.68. The van der Waals surface area contributed by atoms with E-state index in [1.54, 1.807) is 0 Å². The predicted octanol–water partition coefficient (Wildman–Crippen LogP) is -0.114. The quantitative estimate of drug-likeness (QED) is 0.0795. The molecule has 1 aliphatic carbocycles. The standard InChI is InChI=1S/C20H30ClN6O10P/c1-35-9-20(38(32,33)34,6-13(28)26-31)36-8-12-14(29)15(30)18(37-12)27-17-11(7-22-27)16(24-19(21)25-17)23-10-4-2-3-5-10/h7,10,12,14-15,18,29-31H,2-6,8-9H2,1H3,(H,26,28)(H,23,24,25)(H2,32,33,34)/t12-,14-,15-,18-,20+/m1/s1. The number of nitrogens with one attached hydrogen (secondary N) is 2. The minimum absolute atomic E-state index is 0.0687. The van der Waals surface area contributed by atoms with Gasteiger partial charge in [-0.3, -0.25) is 14.6 Å². The van der Waals surface area contributed by atoms with Gasteiger partial charge >= 0.3 is 7.60 Å². The van der Waals surface area contributed by atoms with Crippen molar-refractivity contribution >= 4 is 42.0 Å². The molecule has 2 aromatic heterocycles. The van der Waals surface area contributed by atoms with Crippen LogP contribution in [0.5, 0.6) is 0 Å². The molecule has 2 aliphatic rings. The van der Waals surface area contributed by atoms with Gasteiger partial charge < -0.3 is 39.5 Å². The Balaban J connectivity index is 1.56. The van der Waals surface area contributed by atoms with Gasteiger partial charge in [-0.25, -0.2) is 10.2 Å². The van der Waals surface area contributed by atoms with E-state index in [-0.39, 0.29) is 17.0 Å². The number of carbonyl (C=O) groups is 1. The number of aromatic nitrogens is 4. The molecule has 0 spiro atoms. The lowest BCUT2D eigenvalue weighted by Gasteiger charge is -2.33. The van der Waals surface area contributed by atoms with Crippen molar-refractivity contribution < 1.29 is 48.8 Å². The van der Waals surface area contributed by atoms with Crippen molar-refractivity contribution in [1.82, 2.24) is 25.2 Å². The Labute approximate surface area is 221 Å². The van der Waals surface area contributed by atoms with Crippen LogP contribution >= 0.6 is 19.2 Å². The molecule has 7 N–H and O–H groups in total. The van der Waals surface area contributed by atoms with Crippen LogP contribution in [0.4, 0.5) is 5.82 Å². The molecule has 0 radical (unpaired) electrons. The van der Waals surface area contributed by atoms with Gasteiger partial charge in [0, 0.05) is 13.2 Å². The Morgan fingerprint density at radius 3 is 2.63 bits per heavy atom. The zero-order chi connectivity index (χ0) is 27.7. The average molecular weight is 581 g/mol. The normalized spacial score (nSPS) is 26.1. The summed E-state index contributed by atoms with van der Waals surface area (Å²) in [6.45, 7) is -1.39. The molecule has 1 saturated heterocycles. The van der Waals surface area contributed by atoms with Gasteiger partial charge in [0.25, 0.3) is 0 Å². The number of fused-ring (bicyclic) bond motifs is 1. The van der Waals surface area contributed by atoms with Crippen LogP contribution in [0.3, 0.4) is 0 Å². The number of carbonyl (C=O) groups excluding carboxylic acids is 1. The Kier molecular flexibility index (Phi) is 8.88. The number of hydroxylamine groups is 1. The van der Waals surface area contributed by atoms with Crippen molar-refractivity contribution in [3.05, 3.63) is 11.5 Å². The summed E-state index contributed by atoms with van der Waals surface area (Å²) in [5.41, 5.74) is 1.52. The van der Waals surface area contributed by atoms with E-state index in [1.165, 1.54) is 16.4 Å². The van der Waals surface area contributed by atoms with Crippen LogP contribution in [0.1, 0.15) is 38.3 Å².